The minimum Gasteiger partial charge on any atom is -0.481 e. The van der Waals surface area contributed by atoms with Crippen LogP contribution in [0, 0.1) is 71.0 Å². The largest absolute Gasteiger partial charge is 0.481 e. The zero-order chi connectivity index (χ0) is 98.5. The van der Waals surface area contributed by atoms with Crippen LogP contribution in [-0.4, -0.2) is 275 Å². The smallest absolute Gasteiger partial charge is 0.303 e. The minimum absolute atomic E-state index is 0.00198. The van der Waals surface area contributed by atoms with Crippen LogP contribution in [0.3, 0.4) is 0 Å². The van der Waals surface area contributed by atoms with E-state index in [-0.39, 0.29) is 193 Å². The summed E-state index contributed by atoms with van der Waals surface area (Å²) in [6.45, 7) is 32.9. The molecule has 0 radical (unpaired) electrons. The second kappa shape index (κ2) is 57.2. The molecule has 0 bridgehead atoms. The maximum Gasteiger partial charge on any atom is 0.303 e. The summed E-state index contributed by atoms with van der Waals surface area (Å²) in [6, 6.07) is 16.1. The SMILES string of the molecule is CCC(C)C(C(CC(=O)N1CCCC1C(OC)C(C)C(=O)CC(C)C(O)c1ccccc1)OC)N(C)C(=O)C(CC(=O)C(C(C)C)N(C)C(=O)CCCCCN1C(=O)C=CC1=O)C(C)C.CCC(C)C(C(CC(=O)N1CCCC1C(OC)C(C)C(=O)CC(C)C(O)c1ccccc1)OC)N(C)C(=O)C(CC(=O)C(NC)C(C)C)C(C)C.O=C(O)CCCCCN1C(=O)C=CC1=O. The molecule has 2 aromatic carbocycles. The van der Waals surface area contributed by atoms with Gasteiger partial charge in [-0.2, -0.15) is 0 Å². The van der Waals surface area contributed by atoms with Crippen molar-refractivity contribution in [1.82, 2.24) is 39.6 Å². The number of Topliss-reactive ketones (excluding diaryl/α,β-unsaturated/α-hetero) is 4. The summed E-state index contributed by atoms with van der Waals surface area (Å²) in [4.78, 5) is 192. The Hall–Kier alpha value is -8.58. The average molecular weight is 1840 g/mol. The van der Waals surface area contributed by atoms with E-state index in [0.29, 0.717) is 84.0 Å². The van der Waals surface area contributed by atoms with Gasteiger partial charge in [-0.15, -0.1) is 0 Å². The number of imide groups is 2. The van der Waals surface area contributed by atoms with Gasteiger partial charge in [0.1, 0.15) is 11.6 Å². The maximum absolute atomic E-state index is 14.6. The molecule has 4 aliphatic heterocycles. The molecule has 4 heterocycles. The molecule has 9 amide bonds. The number of nitrogens with zero attached hydrogens (tertiary/aromatic N) is 7. The molecule has 0 saturated carbocycles. The molecule has 2 saturated heterocycles. The van der Waals surface area contributed by atoms with Gasteiger partial charge in [-0.25, -0.2) is 0 Å². The summed E-state index contributed by atoms with van der Waals surface area (Å²) in [5, 5.41) is 33.3. The first-order chi connectivity index (χ1) is 61.9. The molecule has 29 nitrogen and oxygen atoms in total. The summed E-state index contributed by atoms with van der Waals surface area (Å²) in [5.74, 6) is -6.28. The number of unbranched alkanes of at least 4 members (excludes halogenated alkanes) is 4. The number of benzene rings is 2. The number of carboxylic acids is 1. The van der Waals surface area contributed by atoms with Crippen LogP contribution < -0.4 is 5.32 Å². The molecular weight excluding hydrogens is 1670 g/mol. The Labute approximate surface area is 781 Å². The van der Waals surface area contributed by atoms with Crippen LogP contribution in [0.2, 0.25) is 0 Å². The van der Waals surface area contributed by atoms with Crippen molar-refractivity contribution in [1.29, 1.82) is 0 Å². The number of hydrogen-bond donors (Lipinski definition) is 4. The summed E-state index contributed by atoms with van der Waals surface area (Å²) in [7, 11) is 13.2. The van der Waals surface area contributed by atoms with Crippen LogP contribution in [0.5, 0.6) is 0 Å². The Morgan fingerprint density at radius 1 is 0.435 bits per heavy atom. The van der Waals surface area contributed by atoms with E-state index in [1.807, 2.05) is 162 Å². The first-order valence-corrected chi connectivity index (χ1v) is 47.9. The van der Waals surface area contributed by atoms with Gasteiger partial charge in [0.05, 0.1) is 85.7 Å². The summed E-state index contributed by atoms with van der Waals surface area (Å²) in [6.07, 6.45) is 10.1. The number of aliphatic hydroxyl groups excluding tert-OH is 2. The number of rotatable bonds is 56. The third kappa shape index (κ3) is 33.5. The molecule has 4 N–H and O–H groups in total. The van der Waals surface area contributed by atoms with Gasteiger partial charge in [-0.1, -0.05) is 197 Å². The zero-order valence-corrected chi connectivity index (χ0v) is 83.2. The van der Waals surface area contributed by atoms with Crippen molar-refractivity contribution >= 4 is 82.3 Å². The van der Waals surface area contributed by atoms with E-state index in [1.165, 1.54) is 39.0 Å². The number of ether oxygens (including phenoxy) is 4. The molecule has 2 aromatic rings. The number of aliphatic carboxylic acids is 1. The molecule has 6 rings (SSSR count). The van der Waals surface area contributed by atoms with Crippen LogP contribution in [-0.2, 0) is 86.1 Å². The van der Waals surface area contributed by atoms with E-state index in [4.69, 9.17) is 24.1 Å². The summed E-state index contributed by atoms with van der Waals surface area (Å²) >= 11 is 0. The quantitative estimate of drug-likeness (QED) is 0.0353. The number of carbonyl (C=O) groups excluding carboxylic acids is 13. The van der Waals surface area contributed by atoms with Crippen molar-refractivity contribution < 1.29 is 101 Å². The van der Waals surface area contributed by atoms with Crippen LogP contribution in [0.4, 0.5) is 0 Å². The van der Waals surface area contributed by atoms with Crippen molar-refractivity contribution in [3.05, 3.63) is 96.1 Å². The van der Waals surface area contributed by atoms with E-state index in [0.717, 1.165) is 30.4 Å². The maximum atomic E-state index is 14.6. The summed E-state index contributed by atoms with van der Waals surface area (Å²) < 4.78 is 24.0. The number of carbonyl (C=O) groups is 14. The number of likely N-dealkylation sites (tertiary alicyclic amines) is 2. The number of methoxy groups -OCH3 is 4. The Balaban J connectivity index is 0.000000481. The lowest BCUT2D eigenvalue weighted by Crippen LogP contribution is -2.54. The lowest BCUT2D eigenvalue weighted by molar-refractivity contribution is -0.149. The highest BCUT2D eigenvalue weighted by Crippen LogP contribution is 2.37. The second-order valence-corrected chi connectivity index (χ2v) is 38.3. The Morgan fingerprint density at radius 3 is 1.11 bits per heavy atom. The van der Waals surface area contributed by atoms with Gasteiger partial charge in [-0.3, -0.25) is 76.9 Å². The molecule has 4 aliphatic rings. The molecule has 736 valence electrons. The van der Waals surface area contributed by atoms with E-state index in [2.05, 4.69) is 19.2 Å². The molecule has 20 atom stereocenters. The predicted molar refractivity (Wildman–Crippen MR) is 504 cm³/mol. The summed E-state index contributed by atoms with van der Waals surface area (Å²) in [5.41, 5.74) is 1.53. The number of carboxylic acid groups (broad SMARTS) is 1. The van der Waals surface area contributed by atoms with E-state index >= 15 is 0 Å². The normalized spacial score (nSPS) is 19.3. The standard InChI is InChI=1S/C51H80N4O10.C41H69N3O7.C10H13NO4/c1-13-34(6)48(42(64-11)31-46(61)54-28-20-23-39(54)50(65-12)36(8)40(56)29-35(7)49(62)37-21-16-14-17-22-37)53(10)51(63)38(32(2)3)30-41(57)47(33(4)5)52(9)43(58)24-18-15-19-27-55-44(59)25-26-45(55)60;1-13-27(6)38(43(10)41(49)31(25(2)3)23-34(46)37(42-9)26(4)5)35(50-11)24-36(47)44-21-17-20-32(44)40(51-12)29(8)33(45)22-28(7)39(48)30-18-15-14-16-19-30;12-8-5-6-9(13)11(8)7-3-1-2-4-10(14)15/h14,16-17,21-22,25-26,32-36,38-39,42,47-50,62H,13,15,18-20,23-24,27-31H2,1-12H3;14-16,18-19,25-29,31-32,35,37-40,42,48H,13,17,20-24H2,1-12H3;5-6H,1-4,7H2,(H,14,15). The third-order valence-corrected chi connectivity index (χ3v) is 27.6. The van der Waals surface area contributed by atoms with Gasteiger partial charge in [0.15, 0.2) is 11.6 Å². The van der Waals surface area contributed by atoms with Gasteiger partial charge in [0.2, 0.25) is 29.5 Å². The topological polar surface area (TPSA) is 371 Å². The fourth-order valence-electron chi connectivity index (χ4n) is 19.3. The monoisotopic (exact) mass is 1840 g/mol. The number of hydrogen-bond acceptors (Lipinski definition) is 21. The predicted octanol–water partition coefficient (Wildman–Crippen LogP) is 12.7. The van der Waals surface area contributed by atoms with Crippen molar-refractivity contribution in [2.24, 2.45) is 71.0 Å². The first-order valence-electron chi connectivity index (χ1n) is 47.9. The number of nitrogens with one attached hydrogen (secondary N) is 1. The zero-order valence-electron chi connectivity index (χ0n) is 83.2. The van der Waals surface area contributed by atoms with Crippen molar-refractivity contribution in [2.45, 2.75) is 312 Å². The van der Waals surface area contributed by atoms with Crippen molar-refractivity contribution in [3.8, 4) is 0 Å². The number of amides is 9. The van der Waals surface area contributed by atoms with Gasteiger partial charge >= 0.3 is 5.97 Å². The average Bonchev–Trinajstić information content (AvgIpc) is 1.50. The van der Waals surface area contributed by atoms with E-state index in [9.17, 15) is 77.3 Å². The Morgan fingerprint density at radius 2 is 0.794 bits per heavy atom. The van der Waals surface area contributed by atoms with E-state index in [1.54, 1.807) is 71.3 Å². The Bertz CT molecular complexity index is 4010. The first kappa shape index (κ1) is 115. The van der Waals surface area contributed by atoms with Gasteiger partial charge in [0.25, 0.3) is 23.6 Å². The Kier molecular flexibility index (Phi) is 50.1. The van der Waals surface area contributed by atoms with Crippen LogP contribution in [0.15, 0.2) is 85.0 Å². The molecule has 0 spiro atoms. The molecule has 20 unspecified atom stereocenters. The highest BCUT2D eigenvalue weighted by molar-refractivity contribution is 6.13. The highest BCUT2D eigenvalue weighted by atomic mass is 16.5. The number of aliphatic hydroxyl groups is 2. The van der Waals surface area contributed by atoms with Crippen LogP contribution >= 0.6 is 0 Å². The number of likely N-dealkylation sites (N-methyl/N-ethyl adjacent to an activating group) is 4. The molecule has 131 heavy (non-hydrogen) atoms. The van der Waals surface area contributed by atoms with Crippen LogP contribution in [0.1, 0.15) is 263 Å². The van der Waals surface area contributed by atoms with Crippen LogP contribution in [0.25, 0.3) is 0 Å². The molecule has 0 aromatic heterocycles. The fraction of sp³-hybridized carbons (Fsp3) is 0.706. The van der Waals surface area contributed by atoms with Crippen molar-refractivity contribution in [3.63, 3.8) is 0 Å². The highest BCUT2D eigenvalue weighted by Gasteiger charge is 2.47. The number of ketones is 4. The minimum atomic E-state index is -0.815. The third-order valence-electron chi connectivity index (χ3n) is 27.6. The van der Waals surface area contributed by atoms with E-state index < -0.39 is 84.4 Å². The molecule has 2 fully saturated rings. The lowest BCUT2D eigenvalue weighted by atomic mass is 9.83. The fourth-order valence-corrected chi connectivity index (χ4v) is 19.3. The van der Waals surface area contributed by atoms with Crippen molar-refractivity contribution in [2.75, 3.05) is 82.8 Å². The second-order valence-electron chi connectivity index (χ2n) is 38.3. The molecule has 0 aliphatic carbocycles. The molecular formula is C102H162N8O21. The van der Waals surface area contributed by atoms with Gasteiger partial charge in [-0.05, 0) is 117 Å². The lowest BCUT2D eigenvalue weighted by Gasteiger charge is -2.41. The molecule has 29 heteroatoms. The van der Waals surface area contributed by atoms with Gasteiger partial charge < -0.3 is 64.1 Å². The van der Waals surface area contributed by atoms with Gasteiger partial charge in [0, 0.05) is 162 Å².